The fourth-order valence-electron chi connectivity index (χ4n) is 1.75. The van der Waals surface area contributed by atoms with Crippen molar-refractivity contribution in [3.05, 3.63) is 47.0 Å². The largest absolute Gasteiger partial charge is 0.434 e. The number of hydrogen-bond acceptors (Lipinski definition) is 5. The third-order valence-electron chi connectivity index (χ3n) is 2.65. The Hall–Kier alpha value is -2.08. The summed E-state index contributed by atoms with van der Waals surface area (Å²) in [6, 6.07) is 10.5. The third kappa shape index (κ3) is 2.26. The molecule has 0 aliphatic heterocycles. The Balaban J connectivity index is 2.11. The highest BCUT2D eigenvalue weighted by Crippen LogP contribution is 2.26. The first-order valence-electron chi connectivity index (χ1n) is 5.56. The van der Waals surface area contributed by atoms with E-state index < -0.39 is 0 Å². The Bertz CT molecular complexity index is 754. The van der Waals surface area contributed by atoms with Crippen LogP contribution in [0.25, 0.3) is 22.7 Å². The fraction of sp³-hybridized carbons (Fsp3) is 0.0769. The van der Waals surface area contributed by atoms with Crippen molar-refractivity contribution in [3.8, 4) is 11.5 Å². The van der Waals surface area contributed by atoms with Crippen LogP contribution in [-0.2, 0) is 5.33 Å². The average Bonchev–Trinajstić information content (AvgIpc) is 2.90. The molecule has 0 aliphatic rings. The van der Waals surface area contributed by atoms with Gasteiger partial charge in [0.05, 0.1) is 5.69 Å². The SMILES string of the molecule is O=Nc1cccc(-c2nc3nc(CBr)ccc3o2)c1. The lowest BCUT2D eigenvalue weighted by Gasteiger charge is -1.94. The lowest BCUT2D eigenvalue weighted by atomic mass is 10.2. The molecule has 0 fully saturated rings. The van der Waals surface area contributed by atoms with Crippen LogP contribution >= 0.6 is 15.9 Å². The van der Waals surface area contributed by atoms with Gasteiger partial charge in [-0.3, -0.25) is 0 Å². The zero-order chi connectivity index (χ0) is 13.2. The molecule has 2 heterocycles. The molecule has 0 N–H and O–H groups in total. The summed E-state index contributed by atoms with van der Waals surface area (Å²) in [7, 11) is 0. The Morgan fingerprint density at radius 3 is 2.89 bits per heavy atom. The summed E-state index contributed by atoms with van der Waals surface area (Å²) in [4.78, 5) is 19.2. The average molecular weight is 318 g/mol. The molecule has 6 heteroatoms. The van der Waals surface area contributed by atoms with Crippen molar-refractivity contribution in [2.45, 2.75) is 5.33 Å². The Morgan fingerprint density at radius 1 is 1.21 bits per heavy atom. The predicted molar refractivity (Wildman–Crippen MR) is 75.3 cm³/mol. The second kappa shape index (κ2) is 4.89. The molecule has 94 valence electrons. The van der Waals surface area contributed by atoms with Gasteiger partial charge in [-0.2, -0.15) is 4.98 Å². The number of fused-ring (bicyclic) bond motifs is 1. The van der Waals surface area contributed by atoms with Crippen LogP contribution in [0.1, 0.15) is 5.69 Å². The van der Waals surface area contributed by atoms with E-state index >= 15 is 0 Å². The molecule has 0 aliphatic carbocycles. The molecule has 1 aromatic carbocycles. The molecule has 0 amide bonds. The molecule has 0 saturated carbocycles. The minimum atomic E-state index is 0.342. The molecule has 2 aromatic heterocycles. The number of pyridine rings is 1. The van der Waals surface area contributed by atoms with Gasteiger partial charge in [0.25, 0.3) is 0 Å². The first-order valence-corrected chi connectivity index (χ1v) is 6.68. The molecule has 0 radical (unpaired) electrons. The molecule has 0 saturated heterocycles. The van der Waals surface area contributed by atoms with E-state index in [0.717, 1.165) is 5.69 Å². The number of oxazole rings is 1. The minimum Gasteiger partial charge on any atom is -0.434 e. The first-order chi connectivity index (χ1) is 9.30. The summed E-state index contributed by atoms with van der Waals surface area (Å²) >= 11 is 3.35. The van der Waals surface area contributed by atoms with Crippen molar-refractivity contribution < 1.29 is 4.42 Å². The zero-order valence-electron chi connectivity index (χ0n) is 9.71. The lowest BCUT2D eigenvalue weighted by molar-refractivity contribution is 0.619. The summed E-state index contributed by atoms with van der Waals surface area (Å²) in [5, 5.41) is 3.56. The van der Waals surface area contributed by atoms with E-state index in [9.17, 15) is 4.91 Å². The molecule has 0 spiro atoms. The second-order valence-corrected chi connectivity index (χ2v) is 4.48. The Morgan fingerprint density at radius 2 is 2.11 bits per heavy atom. The van der Waals surface area contributed by atoms with E-state index in [0.29, 0.717) is 33.7 Å². The number of rotatable bonds is 3. The maximum absolute atomic E-state index is 10.5. The molecular weight excluding hydrogens is 310 g/mol. The van der Waals surface area contributed by atoms with Gasteiger partial charge in [-0.05, 0) is 35.5 Å². The van der Waals surface area contributed by atoms with Crippen LogP contribution in [0.3, 0.4) is 0 Å². The predicted octanol–water partition coefficient (Wildman–Crippen LogP) is 4.18. The number of alkyl halides is 1. The molecule has 5 nitrogen and oxygen atoms in total. The topological polar surface area (TPSA) is 68.3 Å². The molecular formula is C13H8BrN3O2. The van der Waals surface area contributed by atoms with Crippen molar-refractivity contribution >= 4 is 32.8 Å². The number of aromatic nitrogens is 2. The van der Waals surface area contributed by atoms with Gasteiger partial charge in [0.1, 0.15) is 5.69 Å². The summed E-state index contributed by atoms with van der Waals surface area (Å²) in [6.45, 7) is 0. The second-order valence-electron chi connectivity index (χ2n) is 3.92. The molecule has 0 atom stereocenters. The van der Waals surface area contributed by atoms with Crippen LogP contribution in [0, 0.1) is 4.91 Å². The van der Waals surface area contributed by atoms with Crippen LogP contribution in [0.4, 0.5) is 5.69 Å². The molecule has 0 bridgehead atoms. The van der Waals surface area contributed by atoms with Crippen molar-refractivity contribution in [1.29, 1.82) is 0 Å². The number of hydrogen-bond donors (Lipinski definition) is 0. The van der Waals surface area contributed by atoms with Crippen LogP contribution in [0.5, 0.6) is 0 Å². The normalized spacial score (nSPS) is 10.8. The van der Waals surface area contributed by atoms with Gasteiger partial charge < -0.3 is 4.42 Å². The first kappa shape index (κ1) is 12.0. The highest BCUT2D eigenvalue weighted by atomic mass is 79.9. The van der Waals surface area contributed by atoms with Crippen molar-refractivity contribution in [2.24, 2.45) is 5.18 Å². The Kier molecular flexibility index (Phi) is 3.08. The van der Waals surface area contributed by atoms with Crippen molar-refractivity contribution in [2.75, 3.05) is 0 Å². The summed E-state index contributed by atoms with van der Waals surface area (Å²) in [5.74, 6) is 0.430. The maximum atomic E-state index is 10.5. The monoisotopic (exact) mass is 317 g/mol. The van der Waals surface area contributed by atoms with E-state index in [1.807, 2.05) is 18.2 Å². The summed E-state index contributed by atoms with van der Waals surface area (Å²) in [6.07, 6.45) is 0. The Labute approximate surface area is 116 Å². The van der Waals surface area contributed by atoms with Crippen LogP contribution < -0.4 is 0 Å². The van der Waals surface area contributed by atoms with Gasteiger partial charge in [0.15, 0.2) is 11.2 Å². The van der Waals surface area contributed by atoms with Gasteiger partial charge in [-0.25, -0.2) is 4.98 Å². The molecule has 0 unspecified atom stereocenters. The van der Waals surface area contributed by atoms with Crippen LogP contribution in [0.15, 0.2) is 46.0 Å². The van der Waals surface area contributed by atoms with E-state index in [2.05, 4.69) is 31.1 Å². The highest BCUT2D eigenvalue weighted by Gasteiger charge is 2.10. The highest BCUT2D eigenvalue weighted by molar-refractivity contribution is 9.08. The van der Waals surface area contributed by atoms with E-state index in [1.165, 1.54) is 0 Å². The third-order valence-corrected chi connectivity index (χ3v) is 3.22. The summed E-state index contributed by atoms with van der Waals surface area (Å²) < 4.78 is 5.62. The molecule has 19 heavy (non-hydrogen) atoms. The van der Waals surface area contributed by atoms with E-state index in [1.54, 1.807) is 18.2 Å². The maximum Gasteiger partial charge on any atom is 0.228 e. The van der Waals surface area contributed by atoms with Crippen molar-refractivity contribution in [1.82, 2.24) is 9.97 Å². The van der Waals surface area contributed by atoms with Gasteiger partial charge in [0, 0.05) is 10.9 Å². The van der Waals surface area contributed by atoms with Crippen LogP contribution in [-0.4, -0.2) is 9.97 Å². The zero-order valence-corrected chi connectivity index (χ0v) is 11.3. The minimum absolute atomic E-state index is 0.342. The standard InChI is InChI=1S/C13H8BrN3O2/c14-7-10-4-5-11-12(15-10)16-13(19-11)8-2-1-3-9(6-8)17-18/h1-6H,7H2. The van der Waals surface area contributed by atoms with Gasteiger partial charge >= 0.3 is 0 Å². The summed E-state index contributed by atoms with van der Waals surface area (Å²) in [5.41, 5.74) is 3.10. The van der Waals surface area contributed by atoms with Gasteiger partial charge in [0.2, 0.25) is 5.89 Å². The number of halogens is 1. The number of benzene rings is 1. The van der Waals surface area contributed by atoms with Crippen LogP contribution in [0.2, 0.25) is 0 Å². The lowest BCUT2D eigenvalue weighted by Crippen LogP contribution is -1.84. The smallest absolute Gasteiger partial charge is 0.228 e. The number of nitrogens with zero attached hydrogens (tertiary/aromatic N) is 3. The quantitative estimate of drug-likeness (QED) is 0.536. The van der Waals surface area contributed by atoms with Gasteiger partial charge in [-0.15, -0.1) is 4.91 Å². The molecule has 3 rings (SSSR count). The number of nitroso groups, excluding NO2 is 1. The van der Waals surface area contributed by atoms with E-state index in [-0.39, 0.29) is 0 Å². The molecule has 3 aromatic rings. The fourth-order valence-corrected chi connectivity index (χ4v) is 2.06. The van der Waals surface area contributed by atoms with Gasteiger partial charge in [-0.1, -0.05) is 22.0 Å². The van der Waals surface area contributed by atoms with Crippen molar-refractivity contribution in [3.63, 3.8) is 0 Å². The van der Waals surface area contributed by atoms with E-state index in [4.69, 9.17) is 4.42 Å².